The standard InChI is InChI=1S/C11H14BrClFNO2/c1-16-4-5-17-3-2-15-11-9(12)6-8(14)7-10(11)13/h6-7,15H,2-5H2,1H3. The third kappa shape index (κ3) is 5.21. The van der Waals surface area contributed by atoms with Gasteiger partial charge in [0, 0.05) is 18.1 Å². The first-order valence-electron chi connectivity index (χ1n) is 5.10. The highest BCUT2D eigenvalue weighted by Gasteiger charge is 2.07. The molecule has 3 nitrogen and oxygen atoms in total. The molecule has 0 unspecified atom stereocenters. The maximum atomic E-state index is 13.0. The van der Waals surface area contributed by atoms with E-state index in [0.29, 0.717) is 41.5 Å². The number of halogens is 3. The maximum Gasteiger partial charge on any atom is 0.125 e. The molecule has 0 fully saturated rings. The lowest BCUT2D eigenvalue weighted by Gasteiger charge is -2.11. The fourth-order valence-corrected chi connectivity index (χ4v) is 2.16. The summed E-state index contributed by atoms with van der Waals surface area (Å²) in [6.07, 6.45) is 0. The molecule has 0 radical (unpaired) electrons. The van der Waals surface area contributed by atoms with Gasteiger partial charge in [0.05, 0.1) is 30.5 Å². The predicted octanol–water partition coefficient (Wildman–Crippen LogP) is 3.32. The minimum absolute atomic E-state index is 0.341. The maximum absolute atomic E-state index is 13.0. The Kier molecular flexibility index (Phi) is 6.80. The molecule has 1 N–H and O–H groups in total. The second kappa shape index (κ2) is 7.87. The summed E-state index contributed by atoms with van der Waals surface area (Å²) in [7, 11) is 1.62. The van der Waals surface area contributed by atoms with Crippen LogP contribution in [0.1, 0.15) is 0 Å². The molecule has 1 aromatic carbocycles. The monoisotopic (exact) mass is 325 g/mol. The Morgan fingerprint density at radius 1 is 1.35 bits per heavy atom. The van der Waals surface area contributed by atoms with E-state index in [1.54, 1.807) is 7.11 Å². The zero-order valence-electron chi connectivity index (χ0n) is 9.43. The van der Waals surface area contributed by atoms with Crippen molar-refractivity contribution in [3.05, 3.63) is 27.4 Å². The van der Waals surface area contributed by atoms with Gasteiger partial charge in [0.25, 0.3) is 0 Å². The smallest absolute Gasteiger partial charge is 0.125 e. The molecule has 17 heavy (non-hydrogen) atoms. The number of rotatable bonds is 7. The van der Waals surface area contributed by atoms with Gasteiger partial charge in [-0.15, -0.1) is 0 Å². The van der Waals surface area contributed by atoms with Gasteiger partial charge in [-0.25, -0.2) is 4.39 Å². The summed E-state index contributed by atoms with van der Waals surface area (Å²) in [4.78, 5) is 0. The van der Waals surface area contributed by atoms with Gasteiger partial charge in [-0.1, -0.05) is 11.6 Å². The van der Waals surface area contributed by atoms with Gasteiger partial charge in [-0.05, 0) is 28.1 Å². The second-order valence-corrected chi connectivity index (χ2v) is 4.54. The van der Waals surface area contributed by atoms with Crippen LogP contribution in [0.2, 0.25) is 5.02 Å². The third-order valence-electron chi connectivity index (χ3n) is 1.99. The quantitative estimate of drug-likeness (QED) is 0.780. The van der Waals surface area contributed by atoms with Crippen LogP contribution in [0.5, 0.6) is 0 Å². The molecule has 0 heterocycles. The van der Waals surface area contributed by atoms with Gasteiger partial charge in [0.15, 0.2) is 0 Å². The van der Waals surface area contributed by atoms with E-state index in [9.17, 15) is 4.39 Å². The highest BCUT2D eigenvalue weighted by molar-refractivity contribution is 9.10. The molecule has 0 bridgehead atoms. The number of hydrogen-bond acceptors (Lipinski definition) is 3. The number of methoxy groups -OCH3 is 1. The molecule has 0 aliphatic heterocycles. The second-order valence-electron chi connectivity index (χ2n) is 3.28. The van der Waals surface area contributed by atoms with Crippen LogP contribution < -0.4 is 5.32 Å². The molecule has 0 aliphatic carbocycles. The largest absolute Gasteiger partial charge is 0.382 e. The first-order chi connectivity index (χ1) is 8.15. The predicted molar refractivity (Wildman–Crippen MR) is 70.3 cm³/mol. The van der Waals surface area contributed by atoms with E-state index in [-0.39, 0.29) is 5.82 Å². The van der Waals surface area contributed by atoms with Gasteiger partial charge in [-0.2, -0.15) is 0 Å². The van der Waals surface area contributed by atoms with Crippen LogP contribution >= 0.6 is 27.5 Å². The van der Waals surface area contributed by atoms with Crippen molar-refractivity contribution < 1.29 is 13.9 Å². The first kappa shape index (κ1) is 14.7. The van der Waals surface area contributed by atoms with E-state index < -0.39 is 0 Å². The molecule has 0 atom stereocenters. The lowest BCUT2D eigenvalue weighted by molar-refractivity contribution is 0.0759. The van der Waals surface area contributed by atoms with E-state index in [1.165, 1.54) is 12.1 Å². The Bertz CT molecular complexity index is 342. The van der Waals surface area contributed by atoms with Crippen LogP contribution in [-0.4, -0.2) is 33.5 Å². The lowest BCUT2D eigenvalue weighted by atomic mass is 10.3. The molecule has 0 saturated carbocycles. The van der Waals surface area contributed by atoms with Crippen LogP contribution in [0.4, 0.5) is 10.1 Å². The topological polar surface area (TPSA) is 30.5 Å². The summed E-state index contributed by atoms with van der Waals surface area (Å²) < 4.78 is 23.7. The summed E-state index contributed by atoms with van der Waals surface area (Å²) in [6, 6.07) is 2.63. The number of benzene rings is 1. The van der Waals surface area contributed by atoms with Crippen LogP contribution in [0, 0.1) is 5.82 Å². The molecule has 1 rings (SSSR count). The van der Waals surface area contributed by atoms with Gasteiger partial charge in [0.1, 0.15) is 5.82 Å². The van der Waals surface area contributed by atoms with Crippen LogP contribution in [0.15, 0.2) is 16.6 Å². The molecule has 0 spiro atoms. The number of hydrogen-bond donors (Lipinski definition) is 1. The van der Waals surface area contributed by atoms with E-state index in [4.69, 9.17) is 21.1 Å². The van der Waals surface area contributed by atoms with Gasteiger partial charge < -0.3 is 14.8 Å². The Balaban J connectivity index is 2.36. The van der Waals surface area contributed by atoms with Crippen LogP contribution in [0.25, 0.3) is 0 Å². The number of anilines is 1. The SMILES string of the molecule is COCCOCCNc1c(Cl)cc(F)cc1Br. The Hall–Kier alpha value is -0.360. The molecule has 0 saturated heterocycles. The Labute approximate surface area is 113 Å². The highest BCUT2D eigenvalue weighted by atomic mass is 79.9. The van der Waals surface area contributed by atoms with Crippen molar-refractivity contribution in [2.24, 2.45) is 0 Å². The lowest BCUT2D eigenvalue weighted by Crippen LogP contribution is -2.12. The molecule has 6 heteroatoms. The normalized spacial score (nSPS) is 10.6. The van der Waals surface area contributed by atoms with Crippen molar-refractivity contribution >= 4 is 33.2 Å². The molecule has 0 amide bonds. The summed E-state index contributed by atoms with van der Waals surface area (Å²) in [6.45, 7) is 2.24. The van der Waals surface area contributed by atoms with Gasteiger partial charge in [-0.3, -0.25) is 0 Å². The summed E-state index contributed by atoms with van der Waals surface area (Å²) in [5.41, 5.74) is 0.670. The van der Waals surface area contributed by atoms with Crippen LogP contribution in [0.3, 0.4) is 0 Å². The molecule has 1 aromatic rings. The van der Waals surface area contributed by atoms with Crippen molar-refractivity contribution in [3.63, 3.8) is 0 Å². The zero-order valence-corrected chi connectivity index (χ0v) is 11.8. The van der Waals surface area contributed by atoms with E-state index >= 15 is 0 Å². The first-order valence-corrected chi connectivity index (χ1v) is 6.27. The molecule has 0 aromatic heterocycles. The zero-order chi connectivity index (χ0) is 12.7. The average Bonchev–Trinajstić information content (AvgIpc) is 2.26. The third-order valence-corrected chi connectivity index (χ3v) is 2.91. The average molecular weight is 327 g/mol. The minimum Gasteiger partial charge on any atom is -0.382 e. The van der Waals surface area contributed by atoms with Crippen LogP contribution in [-0.2, 0) is 9.47 Å². The molecule has 0 aliphatic rings. The van der Waals surface area contributed by atoms with Crippen molar-refractivity contribution in [3.8, 4) is 0 Å². The Morgan fingerprint density at radius 3 is 2.76 bits per heavy atom. The highest BCUT2D eigenvalue weighted by Crippen LogP contribution is 2.31. The fraction of sp³-hybridized carbons (Fsp3) is 0.455. The van der Waals surface area contributed by atoms with Crippen molar-refractivity contribution in [2.45, 2.75) is 0 Å². The molecular formula is C11H14BrClFNO2. The summed E-state index contributed by atoms with van der Waals surface area (Å²) in [5.74, 6) is -0.372. The van der Waals surface area contributed by atoms with Gasteiger partial charge in [0.2, 0.25) is 0 Å². The minimum atomic E-state index is -0.372. The van der Waals surface area contributed by atoms with E-state index in [0.717, 1.165) is 0 Å². The van der Waals surface area contributed by atoms with Crippen molar-refractivity contribution in [1.82, 2.24) is 0 Å². The number of ether oxygens (including phenoxy) is 2. The molecule has 96 valence electrons. The van der Waals surface area contributed by atoms with Gasteiger partial charge >= 0.3 is 0 Å². The molecular weight excluding hydrogens is 312 g/mol. The fourth-order valence-electron chi connectivity index (χ4n) is 1.20. The Morgan fingerprint density at radius 2 is 2.12 bits per heavy atom. The summed E-state index contributed by atoms with van der Waals surface area (Å²) in [5, 5.41) is 3.42. The number of nitrogens with one attached hydrogen (secondary N) is 1. The summed E-state index contributed by atoms with van der Waals surface area (Å²) >= 11 is 9.15. The van der Waals surface area contributed by atoms with E-state index in [1.807, 2.05) is 0 Å². The van der Waals surface area contributed by atoms with Crippen molar-refractivity contribution in [1.29, 1.82) is 0 Å². The van der Waals surface area contributed by atoms with Crippen molar-refractivity contribution in [2.75, 3.05) is 38.8 Å². The van der Waals surface area contributed by atoms with E-state index in [2.05, 4.69) is 21.2 Å².